The third kappa shape index (κ3) is 3.54. The molecule has 0 aliphatic rings. The lowest BCUT2D eigenvalue weighted by molar-refractivity contribution is 0.103. The molecule has 2 aromatic carbocycles. The predicted molar refractivity (Wildman–Crippen MR) is 80.0 cm³/mol. The van der Waals surface area contributed by atoms with Gasteiger partial charge in [-0.2, -0.15) is 0 Å². The van der Waals surface area contributed by atoms with E-state index in [0.717, 1.165) is 0 Å². The van der Waals surface area contributed by atoms with Gasteiger partial charge in [-0.3, -0.25) is 4.79 Å². The molecule has 0 atom stereocenters. The molecule has 0 radical (unpaired) electrons. The number of carbonyl (C=O) groups is 1. The fourth-order valence-electron chi connectivity index (χ4n) is 1.87. The van der Waals surface area contributed by atoms with Crippen molar-refractivity contribution in [1.82, 2.24) is 0 Å². The molecular weight excluding hydrogens is 268 g/mol. The van der Waals surface area contributed by atoms with E-state index in [-0.39, 0.29) is 22.6 Å². The van der Waals surface area contributed by atoms with E-state index in [4.69, 9.17) is 4.74 Å². The third-order valence-electron chi connectivity index (χ3n) is 2.95. The minimum atomic E-state index is -0.430. The van der Waals surface area contributed by atoms with Crippen LogP contribution in [0.5, 0.6) is 17.2 Å². The number of ketones is 1. The van der Waals surface area contributed by atoms with Gasteiger partial charge in [0.15, 0.2) is 5.78 Å². The number of ether oxygens (including phenoxy) is 1. The first-order valence-corrected chi connectivity index (χ1v) is 6.77. The molecule has 0 heterocycles. The van der Waals surface area contributed by atoms with Crippen LogP contribution in [0, 0.1) is 5.92 Å². The maximum absolute atomic E-state index is 12.3. The van der Waals surface area contributed by atoms with Crippen molar-refractivity contribution in [2.24, 2.45) is 5.92 Å². The lowest BCUT2D eigenvalue weighted by Crippen LogP contribution is -2.05. The molecule has 0 spiro atoms. The Bertz CT molecular complexity index is 647. The summed E-state index contributed by atoms with van der Waals surface area (Å²) in [5, 5.41) is 19.7. The molecular formula is C17H18O4. The average molecular weight is 286 g/mol. The highest BCUT2D eigenvalue weighted by Gasteiger charge is 2.17. The Labute approximate surface area is 123 Å². The highest BCUT2D eigenvalue weighted by molar-refractivity contribution is 6.12. The Hall–Kier alpha value is -2.49. The van der Waals surface area contributed by atoms with Crippen LogP contribution in [0.15, 0.2) is 42.5 Å². The predicted octanol–water partition coefficient (Wildman–Crippen LogP) is 3.36. The summed E-state index contributed by atoms with van der Waals surface area (Å²) in [4.78, 5) is 12.3. The second-order valence-corrected chi connectivity index (χ2v) is 5.23. The summed E-state index contributed by atoms with van der Waals surface area (Å²) in [7, 11) is 0. The summed E-state index contributed by atoms with van der Waals surface area (Å²) >= 11 is 0. The van der Waals surface area contributed by atoms with E-state index >= 15 is 0 Å². The maximum Gasteiger partial charge on any atom is 0.200 e. The van der Waals surface area contributed by atoms with E-state index in [1.54, 1.807) is 18.2 Å². The van der Waals surface area contributed by atoms with Gasteiger partial charge in [-0.15, -0.1) is 0 Å². The largest absolute Gasteiger partial charge is 0.507 e. The van der Waals surface area contributed by atoms with Gasteiger partial charge in [0.25, 0.3) is 0 Å². The van der Waals surface area contributed by atoms with Gasteiger partial charge in [-0.1, -0.05) is 26.0 Å². The molecule has 0 bridgehead atoms. The van der Waals surface area contributed by atoms with Crippen LogP contribution in [0.4, 0.5) is 0 Å². The second-order valence-electron chi connectivity index (χ2n) is 5.23. The molecule has 21 heavy (non-hydrogen) atoms. The number of rotatable bonds is 5. The van der Waals surface area contributed by atoms with Crippen LogP contribution in [0.3, 0.4) is 0 Å². The standard InChI is InChI=1S/C17H18O4/c1-11(2)10-21-12-7-8-14(16(19)9-12)17(20)13-5-3-4-6-15(13)18/h3-9,11,18-19H,10H2,1-2H3. The van der Waals surface area contributed by atoms with E-state index in [1.807, 2.05) is 13.8 Å². The zero-order valence-corrected chi connectivity index (χ0v) is 12.0. The summed E-state index contributed by atoms with van der Waals surface area (Å²) in [5.41, 5.74) is 0.289. The van der Waals surface area contributed by atoms with Gasteiger partial charge in [0.1, 0.15) is 17.2 Å². The first-order valence-electron chi connectivity index (χ1n) is 6.77. The second kappa shape index (κ2) is 6.31. The Kier molecular flexibility index (Phi) is 4.48. The SMILES string of the molecule is CC(C)COc1ccc(C(=O)c2ccccc2O)c(O)c1. The molecule has 0 aliphatic carbocycles. The van der Waals surface area contributed by atoms with E-state index in [0.29, 0.717) is 18.3 Å². The van der Waals surface area contributed by atoms with Crippen LogP contribution in [0.25, 0.3) is 0 Å². The van der Waals surface area contributed by atoms with Crippen LogP contribution in [-0.4, -0.2) is 22.6 Å². The third-order valence-corrected chi connectivity index (χ3v) is 2.95. The van der Waals surface area contributed by atoms with Crippen molar-refractivity contribution in [2.45, 2.75) is 13.8 Å². The highest BCUT2D eigenvalue weighted by atomic mass is 16.5. The Morgan fingerprint density at radius 1 is 1.05 bits per heavy atom. The zero-order chi connectivity index (χ0) is 15.4. The van der Waals surface area contributed by atoms with E-state index < -0.39 is 5.78 Å². The maximum atomic E-state index is 12.3. The van der Waals surface area contributed by atoms with Crippen molar-refractivity contribution in [3.63, 3.8) is 0 Å². The monoisotopic (exact) mass is 286 g/mol. The topological polar surface area (TPSA) is 66.8 Å². The molecule has 0 unspecified atom stereocenters. The summed E-state index contributed by atoms with van der Waals surface area (Å²) < 4.78 is 5.49. The molecule has 110 valence electrons. The van der Waals surface area contributed by atoms with Crippen molar-refractivity contribution in [3.8, 4) is 17.2 Å². The Morgan fingerprint density at radius 3 is 2.33 bits per heavy atom. The van der Waals surface area contributed by atoms with Crippen molar-refractivity contribution in [1.29, 1.82) is 0 Å². The molecule has 0 saturated carbocycles. The van der Waals surface area contributed by atoms with E-state index in [9.17, 15) is 15.0 Å². The number of aromatic hydroxyl groups is 2. The number of hydrogen-bond acceptors (Lipinski definition) is 4. The van der Waals surface area contributed by atoms with Gasteiger partial charge < -0.3 is 14.9 Å². The number of phenolic OH excluding ortho intramolecular Hbond substituents is 2. The molecule has 2 rings (SSSR count). The number of benzene rings is 2. The number of carbonyl (C=O) groups excluding carboxylic acids is 1. The van der Waals surface area contributed by atoms with Gasteiger partial charge in [0.2, 0.25) is 0 Å². The van der Waals surface area contributed by atoms with Crippen molar-refractivity contribution >= 4 is 5.78 Å². The van der Waals surface area contributed by atoms with Gasteiger partial charge >= 0.3 is 0 Å². The first-order chi connectivity index (χ1) is 9.99. The Morgan fingerprint density at radius 2 is 1.71 bits per heavy atom. The van der Waals surface area contributed by atoms with Gasteiger partial charge in [-0.25, -0.2) is 0 Å². The zero-order valence-electron chi connectivity index (χ0n) is 12.0. The molecule has 0 amide bonds. The Balaban J connectivity index is 2.25. The smallest absolute Gasteiger partial charge is 0.200 e. The lowest BCUT2D eigenvalue weighted by Gasteiger charge is -2.11. The highest BCUT2D eigenvalue weighted by Crippen LogP contribution is 2.28. The van der Waals surface area contributed by atoms with Crippen LogP contribution < -0.4 is 4.74 Å². The fraction of sp³-hybridized carbons (Fsp3) is 0.235. The number of hydrogen-bond donors (Lipinski definition) is 2. The summed E-state index contributed by atoms with van der Waals surface area (Å²) in [6, 6.07) is 10.8. The first kappa shape index (κ1) is 14.9. The van der Waals surface area contributed by atoms with Crippen LogP contribution in [0.1, 0.15) is 29.8 Å². The van der Waals surface area contributed by atoms with Gasteiger partial charge in [0, 0.05) is 6.07 Å². The van der Waals surface area contributed by atoms with E-state index in [1.165, 1.54) is 24.3 Å². The normalized spacial score (nSPS) is 10.6. The molecule has 0 saturated heterocycles. The van der Waals surface area contributed by atoms with Crippen LogP contribution >= 0.6 is 0 Å². The number of para-hydroxylation sites is 1. The van der Waals surface area contributed by atoms with Gasteiger partial charge in [-0.05, 0) is 30.2 Å². The molecule has 0 fully saturated rings. The van der Waals surface area contributed by atoms with Crippen LogP contribution in [-0.2, 0) is 0 Å². The summed E-state index contributed by atoms with van der Waals surface area (Å²) in [5.74, 6) is 0.178. The lowest BCUT2D eigenvalue weighted by atomic mass is 10.0. The van der Waals surface area contributed by atoms with Crippen molar-refractivity contribution in [2.75, 3.05) is 6.61 Å². The van der Waals surface area contributed by atoms with Crippen LogP contribution in [0.2, 0.25) is 0 Å². The quantitative estimate of drug-likeness (QED) is 0.827. The average Bonchev–Trinajstić information content (AvgIpc) is 2.45. The molecule has 0 aliphatic heterocycles. The fourth-order valence-corrected chi connectivity index (χ4v) is 1.87. The minimum absolute atomic E-state index is 0.109. The number of phenols is 2. The van der Waals surface area contributed by atoms with Crippen molar-refractivity contribution < 1.29 is 19.7 Å². The summed E-state index contributed by atoms with van der Waals surface area (Å²) in [6.45, 7) is 4.58. The molecule has 2 aromatic rings. The molecule has 2 N–H and O–H groups in total. The van der Waals surface area contributed by atoms with Gasteiger partial charge in [0.05, 0.1) is 17.7 Å². The van der Waals surface area contributed by atoms with Crippen molar-refractivity contribution in [3.05, 3.63) is 53.6 Å². The molecule has 0 aromatic heterocycles. The van der Waals surface area contributed by atoms with E-state index in [2.05, 4.69) is 0 Å². The molecule has 4 heteroatoms. The minimum Gasteiger partial charge on any atom is -0.507 e. The molecule has 4 nitrogen and oxygen atoms in total. The summed E-state index contributed by atoms with van der Waals surface area (Å²) in [6.07, 6.45) is 0.